The number of carbonyl (C=O) groups is 1. The van der Waals surface area contributed by atoms with E-state index in [1.54, 1.807) is 18.3 Å². The molecule has 7 heteroatoms. The summed E-state index contributed by atoms with van der Waals surface area (Å²) in [6, 6.07) is 4.19. The average Bonchev–Trinajstić information content (AvgIpc) is 3.02. The number of hydrogen-bond donors (Lipinski definition) is 1. The van der Waals surface area contributed by atoms with Gasteiger partial charge in [0.15, 0.2) is 0 Å². The third-order valence-corrected chi connectivity index (χ3v) is 4.45. The van der Waals surface area contributed by atoms with E-state index in [4.69, 9.17) is 5.73 Å². The largest absolute Gasteiger partial charge is 0.397 e. The van der Waals surface area contributed by atoms with E-state index >= 15 is 0 Å². The first-order valence-corrected chi connectivity index (χ1v) is 7.49. The van der Waals surface area contributed by atoms with Crippen molar-refractivity contribution in [3.8, 4) is 0 Å². The SMILES string of the molecule is Cl.Cl.Nc1ccc(C(=O)N2CCN(C3CCCC3)CC2)nc1. The fourth-order valence-corrected chi connectivity index (χ4v) is 3.25. The molecule has 22 heavy (non-hydrogen) atoms. The van der Waals surface area contributed by atoms with E-state index in [0.29, 0.717) is 11.4 Å². The molecule has 1 aliphatic carbocycles. The molecule has 1 aromatic heterocycles. The first kappa shape index (κ1) is 19.0. The third-order valence-electron chi connectivity index (χ3n) is 4.45. The highest BCUT2D eigenvalue weighted by Gasteiger charge is 2.28. The Morgan fingerprint density at radius 3 is 2.27 bits per heavy atom. The lowest BCUT2D eigenvalue weighted by Crippen LogP contribution is -2.51. The zero-order chi connectivity index (χ0) is 13.9. The van der Waals surface area contributed by atoms with E-state index in [1.807, 2.05) is 4.90 Å². The molecule has 1 aromatic rings. The molecule has 0 atom stereocenters. The van der Waals surface area contributed by atoms with Crippen LogP contribution in [0.25, 0.3) is 0 Å². The van der Waals surface area contributed by atoms with Crippen LogP contribution in [0.2, 0.25) is 0 Å². The number of amides is 1. The summed E-state index contributed by atoms with van der Waals surface area (Å²) in [5.41, 5.74) is 6.68. The number of nitrogen functional groups attached to an aromatic ring is 1. The zero-order valence-electron chi connectivity index (χ0n) is 12.6. The van der Waals surface area contributed by atoms with Gasteiger partial charge in [0.25, 0.3) is 5.91 Å². The van der Waals surface area contributed by atoms with E-state index in [-0.39, 0.29) is 30.7 Å². The number of anilines is 1. The van der Waals surface area contributed by atoms with Gasteiger partial charge in [0, 0.05) is 32.2 Å². The molecule has 1 saturated carbocycles. The average molecular weight is 347 g/mol. The minimum Gasteiger partial charge on any atom is -0.397 e. The molecule has 1 saturated heterocycles. The molecular weight excluding hydrogens is 323 g/mol. The van der Waals surface area contributed by atoms with Crippen LogP contribution in [0.15, 0.2) is 18.3 Å². The number of hydrogen-bond acceptors (Lipinski definition) is 4. The summed E-state index contributed by atoms with van der Waals surface area (Å²) in [4.78, 5) is 20.9. The van der Waals surface area contributed by atoms with Gasteiger partial charge >= 0.3 is 0 Å². The fourth-order valence-electron chi connectivity index (χ4n) is 3.25. The Hall–Kier alpha value is -1.04. The van der Waals surface area contributed by atoms with Crippen LogP contribution in [0.5, 0.6) is 0 Å². The van der Waals surface area contributed by atoms with Crippen LogP contribution in [0, 0.1) is 0 Å². The standard InChI is InChI=1S/C15H22N4O.2ClH/c16-12-5-6-14(17-11-12)15(20)19-9-7-18(8-10-19)13-3-1-2-4-13;;/h5-6,11,13H,1-4,7-10,16H2;2*1H. The Labute approximate surface area is 144 Å². The van der Waals surface area contributed by atoms with Crippen LogP contribution in [-0.2, 0) is 0 Å². The summed E-state index contributed by atoms with van der Waals surface area (Å²) in [6.45, 7) is 3.60. The summed E-state index contributed by atoms with van der Waals surface area (Å²) in [5, 5.41) is 0. The van der Waals surface area contributed by atoms with Crippen molar-refractivity contribution in [3.05, 3.63) is 24.0 Å². The topological polar surface area (TPSA) is 62.5 Å². The molecule has 0 spiro atoms. The monoisotopic (exact) mass is 346 g/mol. The highest BCUT2D eigenvalue weighted by atomic mass is 35.5. The van der Waals surface area contributed by atoms with Crippen molar-refractivity contribution in [2.24, 2.45) is 0 Å². The second kappa shape index (κ2) is 8.56. The first-order valence-electron chi connectivity index (χ1n) is 7.49. The molecule has 3 rings (SSSR count). The first-order chi connectivity index (χ1) is 9.74. The zero-order valence-corrected chi connectivity index (χ0v) is 14.2. The van der Waals surface area contributed by atoms with Crippen molar-refractivity contribution in [2.75, 3.05) is 31.9 Å². The van der Waals surface area contributed by atoms with E-state index in [2.05, 4.69) is 9.88 Å². The molecule has 124 valence electrons. The molecular formula is C15H24Cl2N4O. The molecule has 2 heterocycles. The Morgan fingerprint density at radius 2 is 1.73 bits per heavy atom. The van der Waals surface area contributed by atoms with Gasteiger partial charge in [0.1, 0.15) is 5.69 Å². The predicted octanol–water partition coefficient (Wildman–Crippen LogP) is 2.21. The predicted molar refractivity (Wildman–Crippen MR) is 92.9 cm³/mol. The van der Waals surface area contributed by atoms with Crippen molar-refractivity contribution in [1.82, 2.24) is 14.8 Å². The maximum atomic E-state index is 12.3. The van der Waals surface area contributed by atoms with Crippen LogP contribution >= 0.6 is 24.8 Å². The molecule has 2 N–H and O–H groups in total. The van der Waals surface area contributed by atoms with Gasteiger partial charge in [-0.15, -0.1) is 24.8 Å². The van der Waals surface area contributed by atoms with E-state index in [9.17, 15) is 4.79 Å². The highest BCUT2D eigenvalue weighted by molar-refractivity contribution is 5.92. The summed E-state index contributed by atoms with van der Waals surface area (Å²) in [5.74, 6) is 0.0241. The van der Waals surface area contributed by atoms with Crippen LogP contribution in [0.1, 0.15) is 36.2 Å². The second-order valence-corrected chi connectivity index (χ2v) is 5.74. The molecule has 2 aliphatic rings. The summed E-state index contributed by atoms with van der Waals surface area (Å²) in [7, 11) is 0. The molecule has 0 aromatic carbocycles. The van der Waals surface area contributed by atoms with Crippen molar-refractivity contribution in [1.29, 1.82) is 0 Å². The van der Waals surface area contributed by atoms with Crippen LogP contribution < -0.4 is 5.73 Å². The summed E-state index contributed by atoms with van der Waals surface area (Å²) in [6.07, 6.45) is 6.92. The Bertz CT molecular complexity index is 469. The van der Waals surface area contributed by atoms with Gasteiger partial charge < -0.3 is 10.6 Å². The van der Waals surface area contributed by atoms with Crippen molar-refractivity contribution >= 4 is 36.4 Å². The van der Waals surface area contributed by atoms with Gasteiger partial charge in [-0.25, -0.2) is 4.98 Å². The molecule has 0 bridgehead atoms. The Morgan fingerprint density at radius 1 is 1.09 bits per heavy atom. The number of carbonyl (C=O) groups excluding carboxylic acids is 1. The smallest absolute Gasteiger partial charge is 0.272 e. The number of rotatable bonds is 2. The van der Waals surface area contributed by atoms with Crippen molar-refractivity contribution in [3.63, 3.8) is 0 Å². The number of halogens is 2. The summed E-state index contributed by atoms with van der Waals surface area (Å²) < 4.78 is 0. The van der Waals surface area contributed by atoms with Gasteiger partial charge in [-0.1, -0.05) is 12.8 Å². The maximum Gasteiger partial charge on any atom is 0.272 e. The minimum atomic E-state index is 0. The van der Waals surface area contributed by atoms with Gasteiger partial charge in [0.2, 0.25) is 0 Å². The number of aromatic nitrogens is 1. The van der Waals surface area contributed by atoms with Gasteiger partial charge in [-0.2, -0.15) is 0 Å². The number of nitrogens with two attached hydrogens (primary N) is 1. The Kier molecular flexibility index (Phi) is 7.39. The van der Waals surface area contributed by atoms with E-state index in [1.165, 1.54) is 25.7 Å². The maximum absolute atomic E-state index is 12.3. The van der Waals surface area contributed by atoms with Crippen molar-refractivity contribution < 1.29 is 4.79 Å². The van der Waals surface area contributed by atoms with Gasteiger partial charge in [-0.3, -0.25) is 9.69 Å². The van der Waals surface area contributed by atoms with E-state index in [0.717, 1.165) is 32.2 Å². The minimum absolute atomic E-state index is 0. The lowest BCUT2D eigenvalue weighted by molar-refractivity contribution is 0.0568. The fraction of sp³-hybridized carbons (Fsp3) is 0.600. The quantitative estimate of drug-likeness (QED) is 0.891. The van der Waals surface area contributed by atoms with Gasteiger partial charge in [-0.05, 0) is 25.0 Å². The summed E-state index contributed by atoms with van der Waals surface area (Å²) >= 11 is 0. The highest BCUT2D eigenvalue weighted by Crippen LogP contribution is 2.24. The number of piperazine rings is 1. The molecule has 0 unspecified atom stereocenters. The van der Waals surface area contributed by atoms with Crippen molar-refractivity contribution in [2.45, 2.75) is 31.7 Å². The van der Waals surface area contributed by atoms with Crippen LogP contribution in [0.4, 0.5) is 5.69 Å². The van der Waals surface area contributed by atoms with Crippen LogP contribution in [-0.4, -0.2) is 52.9 Å². The number of pyridine rings is 1. The molecule has 5 nitrogen and oxygen atoms in total. The van der Waals surface area contributed by atoms with E-state index < -0.39 is 0 Å². The number of nitrogens with zero attached hydrogens (tertiary/aromatic N) is 3. The van der Waals surface area contributed by atoms with Gasteiger partial charge in [0.05, 0.1) is 11.9 Å². The lowest BCUT2D eigenvalue weighted by Gasteiger charge is -2.37. The lowest BCUT2D eigenvalue weighted by atomic mass is 10.1. The molecule has 1 aliphatic heterocycles. The third kappa shape index (κ3) is 4.24. The van der Waals surface area contributed by atoms with Crippen LogP contribution in [0.3, 0.4) is 0 Å². The molecule has 2 fully saturated rings. The normalized spacial score (nSPS) is 19.4. The molecule has 0 radical (unpaired) electrons. The Balaban J connectivity index is 0.00000121. The second-order valence-electron chi connectivity index (χ2n) is 5.74. The molecule has 1 amide bonds.